The quantitative estimate of drug-likeness (QED) is 0.729. The minimum absolute atomic E-state index is 0.0753. The lowest BCUT2D eigenvalue weighted by atomic mass is 10.0. The third-order valence-corrected chi connectivity index (χ3v) is 3.40. The molecular formula is C12H22N2O2. The van der Waals surface area contributed by atoms with Crippen molar-refractivity contribution < 1.29 is 9.53 Å². The summed E-state index contributed by atoms with van der Waals surface area (Å²) in [6, 6.07) is 0.316. The minimum atomic E-state index is -0.123. The van der Waals surface area contributed by atoms with E-state index in [9.17, 15) is 4.79 Å². The van der Waals surface area contributed by atoms with Gasteiger partial charge in [-0.25, -0.2) is 0 Å². The van der Waals surface area contributed by atoms with Gasteiger partial charge in [0.1, 0.15) is 0 Å². The van der Waals surface area contributed by atoms with Crippen LogP contribution in [-0.2, 0) is 9.53 Å². The molecule has 0 spiro atoms. The number of carbonyl (C=O) groups excluding carboxylic acids is 1. The van der Waals surface area contributed by atoms with E-state index >= 15 is 0 Å². The second-order valence-corrected chi connectivity index (χ2v) is 5.29. The molecule has 0 aromatic carbocycles. The van der Waals surface area contributed by atoms with Gasteiger partial charge < -0.3 is 15.4 Å². The van der Waals surface area contributed by atoms with Crippen LogP contribution in [0, 0.1) is 0 Å². The van der Waals surface area contributed by atoms with Gasteiger partial charge in [-0.3, -0.25) is 4.79 Å². The lowest BCUT2D eigenvalue weighted by Gasteiger charge is -2.25. The van der Waals surface area contributed by atoms with Gasteiger partial charge in [0, 0.05) is 19.2 Å². The van der Waals surface area contributed by atoms with E-state index in [0.717, 1.165) is 38.8 Å². The monoisotopic (exact) mass is 226 g/mol. The summed E-state index contributed by atoms with van der Waals surface area (Å²) in [5.74, 6) is 0.115. The van der Waals surface area contributed by atoms with Crippen molar-refractivity contribution >= 4 is 5.91 Å². The first-order chi connectivity index (χ1) is 7.59. The van der Waals surface area contributed by atoms with E-state index in [-0.39, 0.29) is 17.6 Å². The highest BCUT2D eigenvalue weighted by atomic mass is 16.5. The highest BCUT2D eigenvalue weighted by molar-refractivity contribution is 5.81. The number of hydrogen-bond acceptors (Lipinski definition) is 3. The molecule has 4 heteroatoms. The van der Waals surface area contributed by atoms with Crippen LogP contribution in [0.3, 0.4) is 0 Å². The Hall–Kier alpha value is -0.610. The summed E-state index contributed by atoms with van der Waals surface area (Å²) in [6.45, 7) is 5.63. The van der Waals surface area contributed by atoms with Crippen LogP contribution in [0.1, 0.15) is 39.5 Å². The van der Waals surface area contributed by atoms with Crippen LogP contribution in [0.15, 0.2) is 0 Å². The van der Waals surface area contributed by atoms with Crippen molar-refractivity contribution in [3.8, 4) is 0 Å². The van der Waals surface area contributed by atoms with Crippen molar-refractivity contribution in [3.05, 3.63) is 0 Å². The second kappa shape index (κ2) is 4.72. The molecule has 0 radical (unpaired) electrons. The van der Waals surface area contributed by atoms with Crippen molar-refractivity contribution in [2.45, 2.75) is 57.2 Å². The minimum Gasteiger partial charge on any atom is -0.374 e. The summed E-state index contributed by atoms with van der Waals surface area (Å²) in [6.07, 6.45) is 4.48. The average Bonchev–Trinajstić information content (AvgIpc) is 2.96. The summed E-state index contributed by atoms with van der Waals surface area (Å²) in [4.78, 5) is 11.7. The molecule has 1 heterocycles. The summed E-state index contributed by atoms with van der Waals surface area (Å²) in [5.41, 5.74) is -0.0753. The molecule has 2 fully saturated rings. The highest BCUT2D eigenvalue weighted by Crippen LogP contribution is 2.24. The highest BCUT2D eigenvalue weighted by Gasteiger charge is 2.31. The molecule has 2 unspecified atom stereocenters. The molecule has 2 N–H and O–H groups in total. The molecule has 2 aliphatic rings. The first-order valence-corrected chi connectivity index (χ1v) is 6.27. The Morgan fingerprint density at radius 1 is 1.56 bits per heavy atom. The van der Waals surface area contributed by atoms with E-state index in [4.69, 9.17) is 4.74 Å². The van der Waals surface area contributed by atoms with Crippen LogP contribution in [0.4, 0.5) is 0 Å². The molecule has 1 aliphatic carbocycles. The summed E-state index contributed by atoms with van der Waals surface area (Å²) < 4.78 is 5.67. The van der Waals surface area contributed by atoms with Crippen LogP contribution in [-0.4, -0.2) is 36.7 Å². The number of rotatable bonds is 5. The maximum absolute atomic E-state index is 11.7. The number of hydrogen-bond donors (Lipinski definition) is 2. The van der Waals surface area contributed by atoms with E-state index in [2.05, 4.69) is 17.6 Å². The van der Waals surface area contributed by atoms with E-state index in [1.807, 2.05) is 6.92 Å². The van der Waals surface area contributed by atoms with Gasteiger partial charge in [-0.15, -0.1) is 0 Å². The molecule has 1 saturated carbocycles. The summed E-state index contributed by atoms with van der Waals surface area (Å²) in [7, 11) is 0. The third-order valence-electron chi connectivity index (χ3n) is 3.40. The smallest absolute Gasteiger partial charge is 0.237 e. The van der Waals surface area contributed by atoms with Crippen molar-refractivity contribution in [2.75, 3.05) is 13.2 Å². The van der Waals surface area contributed by atoms with Crippen molar-refractivity contribution in [3.63, 3.8) is 0 Å². The Kier molecular flexibility index (Phi) is 3.50. The van der Waals surface area contributed by atoms with Crippen molar-refractivity contribution in [1.29, 1.82) is 0 Å². The van der Waals surface area contributed by atoms with Gasteiger partial charge in [-0.05, 0) is 39.5 Å². The van der Waals surface area contributed by atoms with Gasteiger partial charge in [0.15, 0.2) is 0 Å². The number of ether oxygens (including phenoxy) is 1. The predicted molar refractivity (Wildman–Crippen MR) is 62.2 cm³/mol. The Morgan fingerprint density at radius 2 is 2.31 bits per heavy atom. The van der Waals surface area contributed by atoms with Gasteiger partial charge in [0.25, 0.3) is 0 Å². The zero-order chi connectivity index (χ0) is 11.6. The van der Waals surface area contributed by atoms with E-state index < -0.39 is 0 Å². The molecule has 2 atom stereocenters. The lowest BCUT2D eigenvalue weighted by molar-refractivity contribution is -0.123. The fraction of sp³-hybridized carbons (Fsp3) is 0.917. The largest absolute Gasteiger partial charge is 0.374 e. The average molecular weight is 226 g/mol. The van der Waals surface area contributed by atoms with Crippen LogP contribution < -0.4 is 10.6 Å². The summed E-state index contributed by atoms with van der Waals surface area (Å²) >= 11 is 0. The molecular weight excluding hydrogens is 204 g/mol. The van der Waals surface area contributed by atoms with E-state index in [1.54, 1.807) is 0 Å². The van der Waals surface area contributed by atoms with Crippen LogP contribution in [0.2, 0.25) is 0 Å². The SMILES string of the molecule is CC(NCC1(C)CCCO1)C(=O)NC1CC1. The zero-order valence-corrected chi connectivity index (χ0v) is 10.2. The molecule has 2 rings (SSSR count). The third kappa shape index (κ3) is 3.19. The molecule has 0 aromatic rings. The Bertz CT molecular complexity index is 258. The van der Waals surface area contributed by atoms with Gasteiger partial charge in [0.05, 0.1) is 11.6 Å². The zero-order valence-electron chi connectivity index (χ0n) is 10.2. The van der Waals surface area contributed by atoms with Gasteiger partial charge in [0.2, 0.25) is 5.91 Å². The number of nitrogens with one attached hydrogen (secondary N) is 2. The van der Waals surface area contributed by atoms with Crippen molar-refractivity contribution in [2.24, 2.45) is 0 Å². The molecule has 92 valence electrons. The first kappa shape index (κ1) is 11.9. The van der Waals surface area contributed by atoms with E-state index in [1.165, 1.54) is 0 Å². The standard InChI is InChI=1S/C12H22N2O2/c1-9(11(15)14-10-4-5-10)13-8-12(2)6-3-7-16-12/h9-10,13H,3-8H2,1-2H3,(H,14,15). The van der Waals surface area contributed by atoms with Crippen LogP contribution >= 0.6 is 0 Å². The van der Waals surface area contributed by atoms with Crippen molar-refractivity contribution in [1.82, 2.24) is 10.6 Å². The van der Waals surface area contributed by atoms with Gasteiger partial charge in [-0.2, -0.15) is 0 Å². The Balaban J connectivity index is 1.69. The first-order valence-electron chi connectivity index (χ1n) is 6.27. The number of amides is 1. The maximum atomic E-state index is 11.7. The normalized spacial score (nSPS) is 31.4. The Morgan fingerprint density at radius 3 is 2.88 bits per heavy atom. The fourth-order valence-electron chi connectivity index (χ4n) is 1.99. The van der Waals surface area contributed by atoms with Gasteiger partial charge in [-0.1, -0.05) is 0 Å². The molecule has 1 aliphatic heterocycles. The van der Waals surface area contributed by atoms with Gasteiger partial charge >= 0.3 is 0 Å². The molecule has 1 saturated heterocycles. The van der Waals surface area contributed by atoms with E-state index in [0.29, 0.717) is 6.04 Å². The molecule has 0 aromatic heterocycles. The molecule has 0 bridgehead atoms. The predicted octanol–water partition coefficient (Wildman–Crippen LogP) is 0.812. The second-order valence-electron chi connectivity index (χ2n) is 5.29. The van der Waals surface area contributed by atoms with Crippen LogP contribution in [0.5, 0.6) is 0 Å². The maximum Gasteiger partial charge on any atom is 0.237 e. The fourth-order valence-corrected chi connectivity index (χ4v) is 1.99. The number of carbonyl (C=O) groups is 1. The Labute approximate surface area is 97.1 Å². The molecule has 1 amide bonds. The topological polar surface area (TPSA) is 50.4 Å². The molecule has 4 nitrogen and oxygen atoms in total. The lowest BCUT2D eigenvalue weighted by Crippen LogP contribution is -2.48. The summed E-state index contributed by atoms with van der Waals surface area (Å²) in [5, 5.41) is 6.26. The van der Waals surface area contributed by atoms with Crippen LogP contribution in [0.25, 0.3) is 0 Å². The molecule has 16 heavy (non-hydrogen) atoms.